The van der Waals surface area contributed by atoms with E-state index in [4.69, 9.17) is 9.47 Å². The van der Waals surface area contributed by atoms with Gasteiger partial charge in [0.15, 0.2) is 0 Å². The molecule has 2 aromatic heterocycles. The van der Waals surface area contributed by atoms with Crippen molar-refractivity contribution < 1.29 is 9.47 Å². The molecular formula is C16H23N5O2. The van der Waals surface area contributed by atoms with Gasteiger partial charge in [0.2, 0.25) is 0 Å². The Morgan fingerprint density at radius 2 is 2.26 bits per heavy atom. The summed E-state index contributed by atoms with van der Waals surface area (Å²) in [5.41, 5.74) is 3.25. The molecule has 3 rings (SSSR count). The first-order valence-electron chi connectivity index (χ1n) is 7.82. The van der Waals surface area contributed by atoms with E-state index >= 15 is 0 Å². The van der Waals surface area contributed by atoms with Crippen LogP contribution in [0, 0.1) is 13.8 Å². The monoisotopic (exact) mass is 317 g/mol. The van der Waals surface area contributed by atoms with Crippen LogP contribution >= 0.6 is 0 Å². The summed E-state index contributed by atoms with van der Waals surface area (Å²) in [6.07, 6.45) is 5.28. The number of ether oxygens (including phenoxy) is 2. The van der Waals surface area contributed by atoms with Gasteiger partial charge in [0, 0.05) is 37.0 Å². The van der Waals surface area contributed by atoms with Crippen molar-refractivity contribution in [2.75, 3.05) is 26.8 Å². The van der Waals surface area contributed by atoms with Gasteiger partial charge in [0.25, 0.3) is 0 Å². The fraction of sp³-hybridized carbons (Fsp3) is 0.562. The molecule has 1 fully saturated rings. The quantitative estimate of drug-likeness (QED) is 0.825. The molecule has 3 heterocycles. The normalized spacial score (nSPS) is 19.0. The van der Waals surface area contributed by atoms with Crippen LogP contribution in [0.1, 0.15) is 16.8 Å². The average molecular weight is 317 g/mol. The van der Waals surface area contributed by atoms with Gasteiger partial charge < -0.3 is 9.47 Å². The number of aryl methyl sites for hydroxylation is 1. The number of rotatable bonds is 5. The van der Waals surface area contributed by atoms with Crippen LogP contribution in [-0.2, 0) is 17.8 Å². The predicted octanol–water partition coefficient (Wildman–Crippen LogP) is 1.20. The van der Waals surface area contributed by atoms with Crippen LogP contribution in [0.25, 0.3) is 0 Å². The molecule has 1 aliphatic rings. The largest absolute Gasteiger partial charge is 0.496 e. The Kier molecular flexibility index (Phi) is 4.88. The van der Waals surface area contributed by atoms with Crippen molar-refractivity contribution in [3.63, 3.8) is 0 Å². The zero-order valence-corrected chi connectivity index (χ0v) is 13.9. The third kappa shape index (κ3) is 3.68. The molecule has 0 bridgehead atoms. The molecule has 0 aliphatic carbocycles. The van der Waals surface area contributed by atoms with Crippen molar-refractivity contribution in [1.82, 2.24) is 24.6 Å². The Morgan fingerprint density at radius 3 is 3.00 bits per heavy atom. The minimum absolute atomic E-state index is 0.123. The fourth-order valence-corrected chi connectivity index (χ4v) is 3.01. The number of hydrogen-bond donors (Lipinski definition) is 0. The van der Waals surface area contributed by atoms with Gasteiger partial charge in [-0.2, -0.15) is 5.10 Å². The Bertz CT molecular complexity index is 644. The highest BCUT2D eigenvalue weighted by atomic mass is 16.5. The van der Waals surface area contributed by atoms with Crippen molar-refractivity contribution in [3.8, 4) is 5.75 Å². The van der Waals surface area contributed by atoms with Gasteiger partial charge >= 0.3 is 0 Å². The highest BCUT2D eigenvalue weighted by Gasteiger charge is 2.22. The van der Waals surface area contributed by atoms with Crippen molar-refractivity contribution in [3.05, 3.63) is 35.7 Å². The Hall–Kier alpha value is -1.99. The molecule has 7 nitrogen and oxygen atoms in total. The highest BCUT2D eigenvalue weighted by molar-refractivity contribution is 5.41. The van der Waals surface area contributed by atoms with Crippen molar-refractivity contribution >= 4 is 0 Å². The van der Waals surface area contributed by atoms with Gasteiger partial charge in [-0.25, -0.2) is 4.98 Å². The minimum atomic E-state index is 0.123. The van der Waals surface area contributed by atoms with E-state index < -0.39 is 0 Å². The predicted molar refractivity (Wildman–Crippen MR) is 85.3 cm³/mol. The summed E-state index contributed by atoms with van der Waals surface area (Å²) in [5.74, 6) is 0.933. The molecule has 0 spiro atoms. The summed E-state index contributed by atoms with van der Waals surface area (Å²) >= 11 is 0. The van der Waals surface area contributed by atoms with Crippen LogP contribution in [0.15, 0.2) is 18.9 Å². The van der Waals surface area contributed by atoms with Crippen LogP contribution in [0.5, 0.6) is 5.75 Å². The third-order valence-corrected chi connectivity index (χ3v) is 4.20. The zero-order valence-electron chi connectivity index (χ0n) is 13.9. The molecule has 0 N–H and O–H groups in total. The lowest BCUT2D eigenvalue weighted by Gasteiger charge is -2.33. The second kappa shape index (κ2) is 7.06. The number of methoxy groups -OCH3 is 1. The lowest BCUT2D eigenvalue weighted by atomic mass is 10.1. The first-order chi connectivity index (χ1) is 11.2. The van der Waals surface area contributed by atoms with E-state index in [-0.39, 0.29) is 6.10 Å². The van der Waals surface area contributed by atoms with Crippen LogP contribution in [0.3, 0.4) is 0 Å². The molecule has 0 saturated carbocycles. The van der Waals surface area contributed by atoms with Crippen molar-refractivity contribution in [2.45, 2.75) is 33.0 Å². The van der Waals surface area contributed by atoms with E-state index in [0.717, 1.165) is 55.4 Å². The van der Waals surface area contributed by atoms with E-state index in [9.17, 15) is 0 Å². The second-order valence-electron chi connectivity index (χ2n) is 5.89. The summed E-state index contributed by atoms with van der Waals surface area (Å²) in [6, 6.07) is 0. The molecule has 0 unspecified atom stereocenters. The topological polar surface area (TPSA) is 65.3 Å². The van der Waals surface area contributed by atoms with E-state index in [1.165, 1.54) is 0 Å². The molecule has 7 heteroatoms. The van der Waals surface area contributed by atoms with E-state index in [1.54, 1.807) is 19.8 Å². The van der Waals surface area contributed by atoms with Crippen LogP contribution in [0.4, 0.5) is 0 Å². The molecule has 0 amide bonds. The maximum Gasteiger partial charge on any atom is 0.137 e. The lowest BCUT2D eigenvalue weighted by molar-refractivity contribution is -0.0406. The van der Waals surface area contributed by atoms with Gasteiger partial charge in [0.1, 0.15) is 18.4 Å². The Balaban J connectivity index is 1.66. The first-order valence-corrected chi connectivity index (χ1v) is 7.82. The minimum Gasteiger partial charge on any atom is -0.496 e. The second-order valence-corrected chi connectivity index (χ2v) is 5.89. The number of hydrogen-bond acceptors (Lipinski definition) is 6. The molecule has 0 aromatic carbocycles. The molecule has 124 valence electrons. The highest BCUT2D eigenvalue weighted by Crippen LogP contribution is 2.25. The van der Waals surface area contributed by atoms with Crippen molar-refractivity contribution in [1.29, 1.82) is 0 Å². The molecule has 1 aliphatic heterocycles. The molecule has 1 saturated heterocycles. The van der Waals surface area contributed by atoms with Crippen LogP contribution in [0.2, 0.25) is 0 Å². The van der Waals surface area contributed by atoms with E-state index in [1.807, 2.05) is 17.8 Å². The fourth-order valence-electron chi connectivity index (χ4n) is 3.01. The standard InChI is InChI=1S/C16H23N5O2/c1-12-6-18-15(13(2)16(12)22-3)9-20-4-5-23-14(7-20)8-21-11-17-10-19-21/h6,10-11,14H,4-5,7-9H2,1-3H3/t14-/m0/s1. The van der Waals surface area contributed by atoms with Gasteiger partial charge in [-0.3, -0.25) is 14.6 Å². The van der Waals surface area contributed by atoms with Crippen LogP contribution in [-0.4, -0.2) is 57.6 Å². The maximum atomic E-state index is 5.84. The lowest BCUT2D eigenvalue weighted by Crippen LogP contribution is -2.44. The number of nitrogens with zero attached hydrogens (tertiary/aromatic N) is 5. The summed E-state index contributed by atoms with van der Waals surface area (Å²) < 4.78 is 13.1. The van der Waals surface area contributed by atoms with Gasteiger partial charge in [0.05, 0.1) is 32.1 Å². The zero-order chi connectivity index (χ0) is 16.2. The Labute approximate surface area is 136 Å². The van der Waals surface area contributed by atoms with E-state index in [2.05, 4.69) is 26.9 Å². The third-order valence-electron chi connectivity index (χ3n) is 4.20. The van der Waals surface area contributed by atoms with Crippen LogP contribution < -0.4 is 4.74 Å². The average Bonchev–Trinajstić information content (AvgIpc) is 3.04. The molecular weight excluding hydrogens is 294 g/mol. The number of aromatic nitrogens is 4. The number of morpholine rings is 1. The SMILES string of the molecule is COc1c(C)cnc(CN2CCO[C@H](Cn3cncn3)C2)c1C. The van der Waals surface area contributed by atoms with Gasteiger partial charge in [-0.1, -0.05) is 0 Å². The van der Waals surface area contributed by atoms with Gasteiger partial charge in [-0.05, 0) is 13.8 Å². The first kappa shape index (κ1) is 15.9. The number of pyridine rings is 1. The van der Waals surface area contributed by atoms with E-state index in [0.29, 0.717) is 0 Å². The molecule has 23 heavy (non-hydrogen) atoms. The summed E-state index contributed by atoms with van der Waals surface area (Å²) in [5, 5.41) is 4.14. The molecule has 2 aromatic rings. The van der Waals surface area contributed by atoms with Crippen molar-refractivity contribution in [2.24, 2.45) is 0 Å². The van der Waals surface area contributed by atoms with Gasteiger partial charge in [-0.15, -0.1) is 0 Å². The summed E-state index contributed by atoms with van der Waals surface area (Å²) in [7, 11) is 1.71. The Morgan fingerprint density at radius 1 is 1.39 bits per heavy atom. The maximum absolute atomic E-state index is 5.84. The summed E-state index contributed by atoms with van der Waals surface area (Å²) in [6.45, 7) is 8.11. The summed E-state index contributed by atoms with van der Waals surface area (Å²) in [4.78, 5) is 10.9. The smallest absolute Gasteiger partial charge is 0.137 e. The molecule has 0 radical (unpaired) electrons. The molecule has 1 atom stereocenters.